The molecule has 0 amide bonds. The first kappa shape index (κ1) is 10.4. The van der Waals surface area contributed by atoms with Crippen LogP contribution in [-0.2, 0) is 11.2 Å². The summed E-state index contributed by atoms with van der Waals surface area (Å²) in [5, 5.41) is 8.59. The van der Waals surface area contributed by atoms with Crippen molar-refractivity contribution in [2.75, 3.05) is 0 Å². The third-order valence-corrected chi connectivity index (χ3v) is 2.16. The topological polar surface area (TPSA) is 76.2 Å². The van der Waals surface area contributed by atoms with Crippen LogP contribution in [0.2, 0.25) is 0 Å². The number of hydrogen-bond donors (Lipinski definition) is 1. The maximum absolute atomic E-state index is 10.5. The maximum atomic E-state index is 10.5. The van der Waals surface area contributed by atoms with E-state index < -0.39 is 5.97 Å². The molecule has 2 aromatic heterocycles. The zero-order valence-corrected chi connectivity index (χ0v) is 8.67. The van der Waals surface area contributed by atoms with Gasteiger partial charge in [-0.05, 0) is 18.1 Å². The van der Waals surface area contributed by atoms with E-state index in [-0.39, 0.29) is 6.42 Å². The molecule has 82 valence electrons. The fourth-order valence-electron chi connectivity index (χ4n) is 1.35. The molecular weight excluding hydrogens is 208 g/mol. The summed E-state index contributed by atoms with van der Waals surface area (Å²) < 4.78 is 5.02. The third kappa shape index (κ3) is 2.08. The fourth-order valence-corrected chi connectivity index (χ4v) is 1.35. The molecule has 0 saturated carbocycles. The molecule has 0 atom stereocenters. The average Bonchev–Trinajstić information content (AvgIpc) is 2.65. The standard InChI is InChI=1S/C11H10N2O3/c1-7-5-16-6-9(7)11-12-3-8(4-13-11)2-10(14)15/h3-6H,2H2,1H3,(H,14,15). The summed E-state index contributed by atoms with van der Waals surface area (Å²) in [7, 11) is 0. The molecule has 2 aromatic rings. The van der Waals surface area contributed by atoms with Gasteiger partial charge >= 0.3 is 5.97 Å². The molecule has 16 heavy (non-hydrogen) atoms. The van der Waals surface area contributed by atoms with E-state index in [0.29, 0.717) is 11.4 Å². The minimum Gasteiger partial charge on any atom is -0.481 e. The molecule has 0 aromatic carbocycles. The average molecular weight is 218 g/mol. The van der Waals surface area contributed by atoms with E-state index >= 15 is 0 Å². The molecule has 0 aliphatic heterocycles. The summed E-state index contributed by atoms with van der Waals surface area (Å²) in [6.45, 7) is 1.90. The number of carboxylic acid groups (broad SMARTS) is 1. The Morgan fingerprint density at radius 3 is 2.56 bits per heavy atom. The highest BCUT2D eigenvalue weighted by Gasteiger charge is 2.08. The molecular formula is C11H10N2O3. The van der Waals surface area contributed by atoms with Crippen molar-refractivity contribution in [3.63, 3.8) is 0 Å². The van der Waals surface area contributed by atoms with Crippen LogP contribution in [0.4, 0.5) is 0 Å². The van der Waals surface area contributed by atoms with Crippen LogP contribution in [0.25, 0.3) is 11.4 Å². The number of carboxylic acids is 1. The first-order valence-corrected chi connectivity index (χ1v) is 4.72. The summed E-state index contributed by atoms with van der Waals surface area (Å²) in [4.78, 5) is 18.7. The Labute approximate surface area is 91.8 Å². The number of hydrogen-bond acceptors (Lipinski definition) is 4. The summed E-state index contributed by atoms with van der Waals surface area (Å²) in [6.07, 6.45) is 6.15. The molecule has 0 saturated heterocycles. The summed E-state index contributed by atoms with van der Waals surface area (Å²) in [5.41, 5.74) is 2.35. The minimum atomic E-state index is -0.893. The molecule has 0 aliphatic rings. The van der Waals surface area contributed by atoms with Crippen LogP contribution in [0.1, 0.15) is 11.1 Å². The quantitative estimate of drug-likeness (QED) is 0.847. The number of aryl methyl sites for hydroxylation is 1. The normalized spacial score (nSPS) is 10.3. The van der Waals surface area contributed by atoms with Crippen molar-refractivity contribution in [3.05, 3.63) is 36.0 Å². The van der Waals surface area contributed by atoms with Gasteiger partial charge in [0.2, 0.25) is 0 Å². The Balaban J connectivity index is 2.26. The van der Waals surface area contributed by atoms with Gasteiger partial charge < -0.3 is 9.52 Å². The molecule has 0 spiro atoms. The fraction of sp³-hybridized carbons (Fsp3) is 0.182. The molecule has 0 radical (unpaired) electrons. The monoisotopic (exact) mass is 218 g/mol. The predicted octanol–water partition coefficient (Wildman–Crippen LogP) is 1.67. The lowest BCUT2D eigenvalue weighted by molar-refractivity contribution is -0.136. The van der Waals surface area contributed by atoms with Gasteiger partial charge in [0.25, 0.3) is 0 Å². The second kappa shape index (κ2) is 4.14. The molecule has 2 rings (SSSR count). The maximum Gasteiger partial charge on any atom is 0.307 e. The molecule has 0 fully saturated rings. The summed E-state index contributed by atoms with van der Waals surface area (Å²) in [5.74, 6) is -0.351. The van der Waals surface area contributed by atoms with Crippen molar-refractivity contribution in [2.45, 2.75) is 13.3 Å². The molecule has 5 heteroatoms. The van der Waals surface area contributed by atoms with Gasteiger partial charge in [0.1, 0.15) is 6.26 Å². The van der Waals surface area contributed by atoms with Crippen molar-refractivity contribution in [1.29, 1.82) is 0 Å². The van der Waals surface area contributed by atoms with Crippen molar-refractivity contribution in [2.24, 2.45) is 0 Å². The predicted molar refractivity (Wildman–Crippen MR) is 55.8 cm³/mol. The number of rotatable bonds is 3. The molecule has 1 N–H and O–H groups in total. The van der Waals surface area contributed by atoms with E-state index in [4.69, 9.17) is 9.52 Å². The largest absolute Gasteiger partial charge is 0.481 e. The van der Waals surface area contributed by atoms with Crippen LogP contribution < -0.4 is 0 Å². The number of aromatic nitrogens is 2. The van der Waals surface area contributed by atoms with E-state index in [2.05, 4.69) is 9.97 Å². The lowest BCUT2D eigenvalue weighted by Gasteiger charge is -1.99. The van der Waals surface area contributed by atoms with Gasteiger partial charge in [-0.2, -0.15) is 0 Å². The van der Waals surface area contributed by atoms with Crippen LogP contribution in [0.15, 0.2) is 29.3 Å². The van der Waals surface area contributed by atoms with Gasteiger partial charge in [-0.25, -0.2) is 9.97 Å². The smallest absolute Gasteiger partial charge is 0.307 e. The molecule has 0 unspecified atom stereocenters. The van der Waals surface area contributed by atoms with Crippen LogP contribution in [-0.4, -0.2) is 21.0 Å². The summed E-state index contributed by atoms with van der Waals surface area (Å²) in [6, 6.07) is 0. The SMILES string of the molecule is Cc1cocc1-c1ncc(CC(=O)O)cn1. The highest BCUT2D eigenvalue weighted by Crippen LogP contribution is 2.19. The Kier molecular flexibility index (Phi) is 2.68. The minimum absolute atomic E-state index is 0.0648. The Morgan fingerprint density at radius 1 is 1.38 bits per heavy atom. The Morgan fingerprint density at radius 2 is 2.06 bits per heavy atom. The van der Waals surface area contributed by atoms with Gasteiger partial charge in [-0.3, -0.25) is 4.79 Å². The molecule has 0 bridgehead atoms. The first-order chi connectivity index (χ1) is 7.66. The van der Waals surface area contributed by atoms with E-state index in [1.807, 2.05) is 6.92 Å². The highest BCUT2D eigenvalue weighted by atomic mass is 16.4. The molecule has 0 aliphatic carbocycles. The van der Waals surface area contributed by atoms with E-state index in [0.717, 1.165) is 11.1 Å². The van der Waals surface area contributed by atoms with Gasteiger partial charge in [0.05, 0.1) is 18.2 Å². The van der Waals surface area contributed by atoms with Crippen molar-refractivity contribution in [1.82, 2.24) is 9.97 Å². The highest BCUT2D eigenvalue weighted by molar-refractivity contribution is 5.70. The van der Waals surface area contributed by atoms with Crippen LogP contribution >= 0.6 is 0 Å². The zero-order chi connectivity index (χ0) is 11.5. The Bertz CT molecular complexity index is 502. The second-order valence-corrected chi connectivity index (χ2v) is 3.45. The molecule has 5 nitrogen and oxygen atoms in total. The number of furan rings is 1. The molecule has 2 heterocycles. The van der Waals surface area contributed by atoms with Gasteiger partial charge in [0, 0.05) is 12.4 Å². The second-order valence-electron chi connectivity index (χ2n) is 3.45. The van der Waals surface area contributed by atoms with Gasteiger partial charge in [-0.15, -0.1) is 0 Å². The lowest BCUT2D eigenvalue weighted by atomic mass is 10.2. The van der Waals surface area contributed by atoms with Crippen molar-refractivity contribution < 1.29 is 14.3 Å². The number of carbonyl (C=O) groups is 1. The number of aliphatic carboxylic acids is 1. The van der Waals surface area contributed by atoms with Gasteiger partial charge in [0.15, 0.2) is 5.82 Å². The van der Waals surface area contributed by atoms with Crippen LogP contribution in [0.5, 0.6) is 0 Å². The van der Waals surface area contributed by atoms with E-state index in [1.54, 1.807) is 12.5 Å². The van der Waals surface area contributed by atoms with Gasteiger partial charge in [-0.1, -0.05) is 0 Å². The third-order valence-electron chi connectivity index (χ3n) is 2.16. The lowest BCUT2D eigenvalue weighted by Crippen LogP contribution is -2.01. The summed E-state index contributed by atoms with van der Waals surface area (Å²) >= 11 is 0. The van der Waals surface area contributed by atoms with Crippen molar-refractivity contribution >= 4 is 5.97 Å². The van der Waals surface area contributed by atoms with Crippen molar-refractivity contribution in [3.8, 4) is 11.4 Å². The zero-order valence-electron chi connectivity index (χ0n) is 8.67. The van der Waals surface area contributed by atoms with E-state index in [1.165, 1.54) is 12.4 Å². The van der Waals surface area contributed by atoms with E-state index in [9.17, 15) is 4.79 Å². The Hall–Kier alpha value is -2.17. The first-order valence-electron chi connectivity index (χ1n) is 4.72. The number of nitrogens with zero attached hydrogens (tertiary/aromatic N) is 2. The van der Waals surface area contributed by atoms with Crippen LogP contribution in [0, 0.1) is 6.92 Å². The van der Waals surface area contributed by atoms with Crippen LogP contribution in [0.3, 0.4) is 0 Å².